The molecule has 1 nitrogen and oxygen atoms in total. The van der Waals surface area contributed by atoms with Crippen LogP contribution in [0, 0.1) is 13.8 Å². The zero-order valence-corrected chi connectivity index (χ0v) is 15.3. The van der Waals surface area contributed by atoms with Gasteiger partial charge in [0.25, 0.3) is 0 Å². The maximum Gasteiger partial charge on any atom is 0.212 e. The van der Waals surface area contributed by atoms with E-state index in [1.54, 1.807) is 20.0 Å². The number of rotatable bonds is 2. The largest absolute Gasteiger partial charge is 0.212 e. The molecule has 0 radical (unpaired) electrons. The van der Waals surface area contributed by atoms with Gasteiger partial charge in [0.2, 0.25) is 5.69 Å². The van der Waals surface area contributed by atoms with Gasteiger partial charge in [-0.2, -0.15) is 0 Å². The van der Waals surface area contributed by atoms with Gasteiger partial charge in [0.15, 0.2) is 6.20 Å². The Balaban J connectivity index is 1.92. The maximum absolute atomic E-state index is 8.53. The van der Waals surface area contributed by atoms with Crippen LogP contribution >= 0.6 is 0 Å². The molecule has 0 spiro atoms. The molecule has 0 aliphatic heterocycles. The molecular formula is C24H26N+. The van der Waals surface area contributed by atoms with Gasteiger partial charge in [-0.25, -0.2) is 4.57 Å². The number of benzene rings is 2. The van der Waals surface area contributed by atoms with Crippen molar-refractivity contribution in [3.8, 4) is 22.4 Å². The Bertz CT molecular complexity index is 1120. The third-order valence-corrected chi connectivity index (χ3v) is 5.36. The Labute approximate surface area is 156 Å². The fourth-order valence-electron chi connectivity index (χ4n) is 3.97. The standard InChI is InChI=1S/C24H26N/c1-15(2)22-13-24(25(5)14-16(22)3)19-10-11-21-20-9-7-6-8-18(20)12-23(21)17(19)4/h6-11,13-15H,12H2,1-5H3/q+1/i3D3,15D. The lowest BCUT2D eigenvalue weighted by molar-refractivity contribution is -0.660. The highest BCUT2D eigenvalue weighted by Gasteiger charge is 2.24. The van der Waals surface area contributed by atoms with E-state index in [1.807, 2.05) is 17.7 Å². The molecule has 1 aromatic heterocycles. The molecule has 0 saturated heterocycles. The summed E-state index contributed by atoms with van der Waals surface area (Å²) < 4.78 is 34.2. The first kappa shape index (κ1) is 12.0. The van der Waals surface area contributed by atoms with Crippen molar-refractivity contribution in [2.24, 2.45) is 7.05 Å². The average Bonchev–Trinajstić information content (AvgIpc) is 3.00. The summed E-state index contributed by atoms with van der Waals surface area (Å²) in [5, 5.41) is 0. The van der Waals surface area contributed by atoms with Crippen LogP contribution in [0.15, 0.2) is 48.7 Å². The van der Waals surface area contributed by atoms with Crippen molar-refractivity contribution in [1.82, 2.24) is 0 Å². The summed E-state index contributed by atoms with van der Waals surface area (Å²) in [6.45, 7) is 3.38. The van der Waals surface area contributed by atoms with Gasteiger partial charge >= 0.3 is 0 Å². The minimum absolute atomic E-state index is 0.245. The number of aromatic nitrogens is 1. The van der Waals surface area contributed by atoms with Gasteiger partial charge in [-0.3, -0.25) is 0 Å². The van der Waals surface area contributed by atoms with E-state index in [0.29, 0.717) is 5.56 Å². The molecule has 1 aliphatic carbocycles. The van der Waals surface area contributed by atoms with E-state index in [0.717, 1.165) is 17.7 Å². The van der Waals surface area contributed by atoms with E-state index in [4.69, 9.17) is 5.48 Å². The van der Waals surface area contributed by atoms with Crippen LogP contribution in [0.1, 0.15) is 53.0 Å². The van der Waals surface area contributed by atoms with E-state index in [2.05, 4.69) is 43.3 Å². The van der Waals surface area contributed by atoms with Gasteiger partial charge in [-0.15, -0.1) is 0 Å². The molecule has 0 atom stereocenters. The van der Waals surface area contributed by atoms with Crippen LogP contribution in [0.2, 0.25) is 0 Å². The normalized spacial score (nSPS) is 15.7. The second-order valence-electron chi connectivity index (χ2n) is 7.20. The fraction of sp³-hybridized carbons (Fsp3) is 0.292. The minimum Gasteiger partial charge on any atom is -0.201 e. The van der Waals surface area contributed by atoms with Crippen molar-refractivity contribution in [2.75, 3.05) is 0 Å². The van der Waals surface area contributed by atoms with Crippen molar-refractivity contribution in [3.05, 3.63) is 76.5 Å². The smallest absolute Gasteiger partial charge is 0.201 e. The predicted octanol–water partition coefficient (Wildman–Crippen LogP) is 5.49. The molecular weight excluding hydrogens is 302 g/mol. The molecule has 1 heteroatoms. The number of pyridine rings is 1. The first-order chi connectivity index (χ1) is 13.5. The van der Waals surface area contributed by atoms with Crippen LogP contribution < -0.4 is 4.57 Å². The van der Waals surface area contributed by atoms with Gasteiger partial charge in [0.05, 0.1) is 0 Å². The highest BCUT2D eigenvalue weighted by atomic mass is 14.9. The number of hydrogen-bond donors (Lipinski definition) is 0. The first-order valence-electron chi connectivity index (χ1n) is 10.7. The summed E-state index contributed by atoms with van der Waals surface area (Å²) in [5.74, 6) is -1.01. The third kappa shape index (κ3) is 2.50. The fourth-order valence-corrected chi connectivity index (χ4v) is 3.97. The molecule has 1 aliphatic rings. The van der Waals surface area contributed by atoms with E-state index in [1.165, 1.54) is 27.8 Å². The lowest BCUT2D eigenvalue weighted by Gasteiger charge is -2.14. The zero-order chi connectivity index (χ0) is 21.1. The summed E-state index contributed by atoms with van der Waals surface area (Å²) in [6.07, 6.45) is 2.59. The SMILES string of the molecule is [2H]C([2H])([2H])c1c[n+](C)c(-c2ccc3c(c2C)Cc2ccccc2-3)cc1C([2H])(C)C. The monoisotopic (exact) mass is 332 g/mol. The number of nitrogens with zero attached hydrogens (tertiary/aromatic N) is 1. The van der Waals surface area contributed by atoms with Crippen LogP contribution in [0.4, 0.5) is 0 Å². The molecule has 0 fully saturated rings. The van der Waals surface area contributed by atoms with Crippen molar-refractivity contribution >= 4 is 0 Å². The third-order valence-electron chi connectivity index (χ3n) is 5.36. The molecule has 2 aromatic carbocycles. The molecule has 25 heavy (non-hydrogen) atoms. The highest BCUT2D eigenvalue weighted by molar-refractivity contribution is 5.81. The average molecular weight is 333 g/mol. The summed E-state index contributed by atoms with van der Waals surface area (Å²) in [7, 11) is 1.88. The highest BCUT2D eigenvalue weighted by Crippen LogP contribution is 2.41. The number of fused-ring (bicyclic) bond motifs is 3. The Hall–Kier alpha value is -2.41. The van der Waals surface area contributed by atoms with Crippen molar-refractivity contribution in [3.63, 3.8) is 0 Å². The van der Waals surface area contributed by atoms with Crippen molar-refractivity contribution < 1.29 is 10.1 Å². The molecule has 3 aromatic rings. The number of aryl methyl sites for hydroxylation is 2. The molecule has 0 bridgehead atoms. The molecule has 0 N–H and O–H groups in total. The summed E-state index contributed by atoms with van der Waals surface area (Å²) in [6, 6.07) is 14.7. The van der Waals surface area contributed by atoms with Crippen LogP contribution in [0.3, 0.4) is 0 Å². The summed E-state index contributed by atoms with van der Waals surface area (Å²) >= 11 is 0. The maximum atomic E-state index is 8.53. The van der Waals surface area contributed by atoms with Crippen LogP contribution in [-0.2, 0) is 13.5 Å². The van der Waals surface area contributed by atoms with Gasteiger partial charge < -0.3 is 0 Å². The summed E-state index contributed by atoms with van der Waals surface area (Å²) in [5.41, 5.74) is 9.28. The Morgan fingerprint density at radius 1 is 1.08 bits per heavy atom. The topological polar surface area (TPSA) is 3.88 Å². The van der Waals surface area contributed by atoms with E-state index in [9.17, 15) is 0 Å². The quantitative estimate of drug-likeness (QED) is 0.427. The van der Waals surface area contributed by atoms with E-state index < -0.39 is 12.7 Å². The van der Waals surface area contributed by atoms with Gasteiger partial charge in [-0.1, -0.05) is 44.2 Å². The lowest BCUT2D eigenvalue weighted by atomic mass is 9.92. The molecule has 0 saturated carbocycles. The Kier molecular flexibility index (Phi) is 2.81. The van der Waals surface area contributed by atoms with E-state index in [-0.39, 0.29) is 5.56 Å². The Morgan fingerprint density at radius 2 is 1.84 bits per heavy atom. The van der Waals surface area contributed by atoms with Crippen molar-refractivity contribution in [2.45, 2.75) is 39.9 Å². The molecule has 1 heterocycles. The molecule has 126 valence electrons. The molecule has 4 rings (SSSR count). The molecule has 0 amide bonds. The molecule has 0 unspecified atom stereocenters. The van der Waals surface area contributed by atoms with Gasteiger partial charge in [0.1, 0.15) is 7.05 Å². The van der Waals surface area contributed by atoms with E-state index >= 15 is 0 Å². The number of hydrogen-bond acceptors (Lipinski definition) is 0. The van der Waals surface area contributed by atoms with Crippen molar-refractivity contribution in [1.29, 1.82) is 0 Å². The second kappa shape index (κ2) is 5.84. The van der Waals surface area contributed by atoms with Crippen LogP contribution in [0.5, 0.6) is 0 Å². The zero-order valence-electron chi connectivity index (χ0n) is 19.3. The lowest BCUT2D eigenvalue weighted by Crippen LogP contribution is -2.32. The summed E-state index contributed by atoms with van der Waals surface area (Å²) in [4.78, 5) is 0. The second-order valence-corrected chi connectivity index (χ2v) is 7.20. The van der Waals surface area contributed by atoms with Gasteiger partial charge in [-0.05, 0) is 65.5 Å². The van der Waals surface area contributed by atoms with Crippen LogP contribution in [0.25, 0.3) is 22.4 Å². The van der Waals surface area contributed by atoms with Crippen LogP contribution in [-0.4, -0.2) is 0 Å². The van der Waals surface area contributed by atoms with Gasteiger partial charge in [0, 0.05) is 22.7 Å². The minimum atomic E-state index is -2.25. The first-order valence-corrected chi connectivity index (χ1v) is 8.74. The predicted molar refractivity (Wildman–Crippen MR) is 105 cm³/mol. The Morgan fingerprint density at radius 3 is 2.60 bits per heavy atom.